The van der Waals surface area contributed by atoms with Gasteiger partial charge < -0.3 is 9.73 Å². The quantitative estimate of drug-likeness (QED) is 0.550. The summed E-state index contributed by atoms with van der Waals surface area (Å²) in [5.74, 6) is 1.05. The molecule has 0 aliphatic heterocycles. The minimum absolute atomic E-state index is 0.206. The molecule has 5 heteroatoms. The van der Waals surface area contributed by atoms with Crippen LogP contribution in [0.4, 0.5) is 4.39 Å². The molecular weight excluding hydrogens is 347 g/mol. The number of aromatic nitrogens is 1. The van der Waals surface area contributed by atoms with Gasteiger partial charge in [-0.05, 0) is 35.7 Å². The summed E-state index contributed by atoms with van der Waals surface area (Å²) in [6.45, 7) is 0.624. The van der Waals surface area contributed by atoms with Gasteiger partial charge in [-0.25, -0.2) is 9.37 Å². The second-order valence-corrected chi connectivity index (χ2v) is 6.95. The molecular formula is C21H18FN2OS+. The molecule has 1 atom stereocenters. The van der Waals surface area contributed by atoms with Gasteiger partial charge in [0.05, 0.1) is 11.1 Å². The van der Waals surface area contributed by atoms with Crippen molar-refractivity contribution in [1.29, 1.82) is 0 Å². The van der Waals surface area contributed by atoms with Gasteiger partial charge >= 0.3 is 0 Å². The smallest absolute Gasteiger partial charge is 0.250 e. The second kappa shape index (κ2) is 7.64. The van der Waals surface area contributed by atoms with Crippen LogP contribution in [0.15, 0.2) is 82.7 Å². The van der Waals surface area contributed by atoms with Crippen LogP contribution in [-0.4, -0.2) is 4.98 Å². The normalized spacial score (nSPS) is 12.2. The Labute approximate surface area is 155 Å². The molecule has 4 aromatic rings. The molecule has 0 bridgehead atoms. The number of oxazole rings is 1. The molecule has 0 spiro atoms. The van der Waals surface area contributed by atoms with Crippen LogP contribution in [0.5, 0.6) is 0 Å². The number of hydrogen-bond acceptors (Lipinski definition) is 3. The predicted octanol–water partition coefficient (Wildman–Crippen LogP) is 4.40. The van der Waals surface area contributed by atoms with Gasteiger partial charge in [-0.1, -0.05) is 36.4 Å². The van der Waals surface area contributed by atoms with Crippen LogP contribution in [0.25, 0.3) is 11.3 Å². The fourth-order valence-corrected chi connectivity index (χ4v) is 3.77. The lowest BCUT2D eigenvalue weighted by atomic mass is 10.1. The monoisotopic (exact) mass is 365 g/mol. The highest BCUT2D eigenvalue weighted by Gasteiger charge is 2.19. The zero-order chi connectivity index (χ0) is 17.8. The van der Waals surface area contributed by atoms with Crippen molar-refractivity contribution in [3.05, 3.63) is 100 Å². The minimum Gasteiger partial charge on any atom is -0.435 e. The highest BCUT2D eigenvalue weighted by atomic mass is 32.1. The molecule has 4 rings (SSSR count). The summed E-state index contributed by atoms with van der Waals surface area (Å²) in [5.41, 5.74) is 2.07. The summed E-state index contributed by atoms with van der Waals surface area (Å²) in [4.78, 5) is 5.67. The first-order chi connectivity index (χ1) is 12.8. The number of nitrogens with zero attached hydrogens (tertiary/aromatic N) is 1. The Morgan fingerprint density at radius 3 is 2.54 bits per heavy atom. The summed E-state index contributed by atoms with van der Waals surface area (Å²) >= 11 is 1.75. The van der Waals surface area contributed by atoms with E-state index in [-0.39, 0.29) is 11.9 Å². The number of halogens is 1. The van der Waals surface area contributed by atoms with E-state index >= 15 is 0 Å². The molecule has 3 nitrogen and oxygen atoms in total. The fourth-order valence-electron chi connectivity index (χ4n) is 2.92. The Kier molecular flexibility index (Phi) is 4.91. The first kappa shape index (κ1) is 16.7. The van der Waals surface area contributed by atoms with E-state index in [1.807, 2.05) is 6.07 Å². The van der Waals surface area contributed by atoms with Crippen molar-refractivity contribution in [2.75, 3.05) is 0 Å². The summed E-state index contributed by atoms with van der Waals surface area (Å²) in [5, 5.41) is 4.32. The van der Waals surface area contributed by atoms with Crippen LogP contribution >= 0.6 is 11.3 Å². The largest absolute Gasteiger partial charge is 0.435 e. The predicted molar refractivity (Wildman–Crippen MR) is 100 cm³/mol. The molecule has 0 radical (unpaired) electrons. The molecule has 2 heterocycles. The van der Waals surface area contributed by atoms with E-state index < -0.39 is 0 Å². The summed E-state index contributed by atoms with van der Waals surface area (Å²) in [7, 11) is 0. The van der Waals surface area contributed by atoms with Gasteiger partial charge in [0.25, 0.3) is 5.89 Å². The molecule has 2 aromatic heterocycles. The van der Waals surface area contributed by atoms with Gasteiger partial charge in [-0.15, -0.1) is 11.3 Å². The lowest BCUT2D eigenvalue weighted by molar-refractivity contribution is -0.703. The molecule has 0 saturated heterocycles. The van der Waals surface area contributed by atoms with Gasteiger partial charge in [0.2, 0.25) is 0 Å². The first-order valence-corrected chi connectivity index (χ1v) is 9.30. The molecule has 0 amide bonds. The SMILES string of the molecule is Fc1ccc(-c2cnc(C[NH2+][C@H](c3ccccc3)c3cccs3)o2)cc1. The average Bonchev–Trinajstić information content (AvgIpc) is 3.36. The van der Waals surface area contributed by atoms with Crippen LogP contribution in [0.2, 0.25) is 0 Å². The number of hydrogen-bond donors (Lipinski definition) is 1. The lowest BCUT2D eigenvalue weighted by Crippen LogP contribution is -2.83. The first-order valence-electron chi connectivity index (χ1n) is 8.42. The maximum absolute atomic E-state index is 13.1. The van der Waals surface area contributed by atoms with Gasteiger partial charge in [0, 0.05) is 11.1 Å². The summed E-state index contributed by atoms with van der Waals surface area (Å²) in [6, 6.07) is 21.1. The molecule has 2 N–H and O–H groups in total. The van der Waals surface area contributed by atoms with Gasteiger partial charge in [0.1, 0.15) is 11.9 Å². The molecule has 130 valence electrons. The topological polar surface area (TPSA) is 42.6 Å². The number of thiophene rings is 1. The Hall–Kier alpha value is -2.76. The van der Waals surface area contributed by atoms with Crippen LogP contribution in [0.3, 0.4) is 0 Å². The van der Waals surface area contributed by atoms with Crippen LogP contribution in [-0.2, 0) is 6.54 Å². The molecule has 26 heavy (non-hydrogen) atoms. The van der Waals surface area contributed by atoms with E-state index in [1.54, 1.807) is 29.7 Å². The van der Waals surface area contributed by atoms with Crippen molar-refractivity contribution in [2.24, 2.45) is 0 Å². The average molecular weight is 365 g/mol. The van der Waals surface area contributed by atoms with Crippen molar-refractivity contribution in [3.63, 3.8) is 0 Å². The lowest BCUT2D eigenvalue weighted by Gasteiger charge is -2.13. The fraction of sp³-hybridized carbons (Fsp3) is 0.0952. The van der Waals surface area contributed by atoms with Gasteiger partial charge in [0.15, 0.2) is 12.3 Å². The van der Waals surface area contributed by atoms with Crippen molar-refractivity contribution >= 4 is 11.3 Å². The maximum Gasteiger partial charge on any atom is 0.250 e. The Morgan fingerprint density at radius 2 is 1.81 bits per heavy atom. The summed E-state index contributed by atoms with van der Waals surface area (Å²) < 4.78 is 18.9. The van der Waals surface area contributed by atoms with Gasteiger partial charge in [-0.2, -0.15) is 0 Å². The maximum atomic E-state index is 13.1. The number of nitrogens with two attached hydrogens (primary N) is 1. The van der Waals surface area contributed by atoms with E-state index in [0.717, 1.165) is 5.56 Å². The Balaban J connectivity index is 1.51. The third-order valence-corrected chi connectivity index (χ3v) is 5.17. The number of benzene rings is 2. The van der Waals surface area contributed by atoms with E-state index in [4.69, 9.17) is 4.42 Å². The summed E-state index contributed by atoms with van der Waals surface area (Å²) in [6.07, 6.45) is 1.69. The van der Waals surface area contributed by atoms with E-state index in [0.29, 0.717) is 18.2 Å². The zero-order valence-corrected chi connectivity index (χ0v) is 14.8. The highest BCUT2D eigenvalue weighted by Crippen LogP contribution is 2.23. The highest BCUT2D eigenvalue weighted by molar-refractivity contribution is 7.10. The molecule has 0 unspecified atom stereocenters. The van der Waals surface area contributed by atoms with Crippen molar-refractivity contribution in [1.82, 2.24) is 4.98 Å². The zero-order valence-electron chi connectivity index (χ0n) is 14.0. The van der Waals surface area contributed by atoms with Crippen LogP contribution in [0.1, 0.15) is 22.4 Å². The third-order valence-electron chi connectivity index (χ3n) is 4.22. The van der Waals surface area contributed by atoms with E-state index in [9.17, 15) is 4.39 Å². The standard InChI is InChI=1S/C21H17FN2OS/c22-17-10-8-15(9-11-17)18-13-23-20(25-18)14-24-21(19-7-4-12-26-19)16-5-2-1-3-6-16/h1-13,21,24H,14H2/p+1/t21-/m1/s1. The van der Waals surface area contributed by atoms with E-state index in [2.05, 4.69) is 52.1 Å². The minimum atomic E-state index is -0.261. The van der Waals surface area contributed by atoms with Crippen LogP contribution < -0.4 is 5.32 Å². The number of rotatable bonds is 6. The molecule has 0 aliphatic carbocycles. The molecule has 0 aliphatic rings. The Morgan fingerprint density at radius 1 is 1.00 bits per heavy atom. The number of quaternary nitrogens is 1. The van der Waals surface area contributed by atoms with Crippen molar-refractivity contribution < 1.29 is 14.1 Å². The van der Waals surface area contributed by atoms with E-state index in [1.165, 1.54) is 22.6 Å². The van der Waals surface area contributed by atoms with Crippen molar-refractivity contribution in [2.45, 2.75) is 12.6 Å². The Bertz CT molecular complexity index is 949. The molecule has 2 aromatic carbocycles. The second-order valence-electron chi connectivity index (χ2n) is 5.97. The van der Waals surface area contributed by atoms with Crippen molar-refractivity contribution in [3.8, 4) is 11.3 Å². The van der Waals surface area contributed by atoms with Gasteiger partial charge in [-0.3, -0.25) is 0 Å². The third kappa shape index (κ3) is 3.74. The molecule has 0 fully saturated rings. The molecule has 0 saturated carbocycles. The van der Waals surface area contributed by atoms with Crippen LogP contribution in [0, 0.1) is 5.82 Å².